The summed E-state index contributed by atoms with van der Waals surface area (Å²) in [5.41, 5.74) is 2.90. The zero-order valence-corrected chi connectivity index (χ0v) is 14.0. The van der Waals surface area contributed by atoms with Gasteiger partial charge in [-0.05, 0) is 42.7 Å². The molecule has 1 aromatic rings. The van der Waals surface area contributed by atoms with Gasteiger partial charge in [0.1, 0.15) is 0 Å². The molecule has 0 spiro atoms. The molecule has 120 valence electrons. The monoisotopic (exact) mass is 298 g/mol. The van der Waals surface area contributed by atoms with Crippen molar-refractivity contribution in [3.8, 4) is 0 Å². The number of allylic oxidation sites excluding steroid dienone is 2. The van der Waals surface area contributed by atoms with E-state index in [1.807, 2.05) is 0 Å². The lowest BCUT2D eigenvalue weighted by Gasteiger charge is -2.36. The Labute approximate surface area is 135 Å². The summed E-state index contributed by atoms with van der Waals surface area (Å²) in [6.45, 7) is 9.57. The standard InChI is InChI=1S/C20H30N2/c1-2-18-8-10-20(11-9-18)17-22-14-12-21(13-15-22)16-19-6-4-3-5-7-19/h3-4,8-11,19H,2,5-7,12-17H2,1H3. The van der Waals surface area contributed by atoms with E-state index < -0.39 is 0 Å². The van der Waals surface area contributed by atoms with Crippen LogP contribution in [0.25, 0.3) is 0 Å². The normalized spacial score (nSPS) is 23.8. The van der Waals surface area contributed by atoms with Crippen molar-refractivity contribution < 1.29 is 0 Å². The molecule has 1 aliphatic carbocycles. The van der Waals surface area contributed by atoms with Crippen LogP contribution in [0.5, 0.6) is 0 Å². The molecule has 3 rings (SSSR count). The Bertz CT molecular complexity index is 469. The largest absolute Gasteiger partial charge is 0.301 e. The Kier molecular flexibility index (Phi) is 5.69. The Balaban J connectivity index is 1.42. The Morgan fingerprint density at radius 3 is 2.23 bits per heavy atom. The highest BCUT2D eigenvalue weighted by Crippen LogP contribution is 2.20. The summed E-state index contributed by atoms with van der Waals surface area (Å²) in [6.07, 6.45) is 9.83. The van der Waals surface area contributed by atoms with Gasteiger partial charge in [-0.2, -0.15) is 0 Å². The van der Waals surface area contributed by atoms with E-state index in [9.17, 15) is 0 Å². The molecule has 2 nitrogen and oxygen atoms in total. The fourth-order valence-corrected chi connectivity index (χ4v) is 3.66. The average Bonchev–Trinajstić information content (AvgIpc) is 2.58. The first kappa shape index (κ1) is 15.8. The minimum Gasteiger partial charge on any atom is -0.301 e. The molecule has 1 fully saturated rings. The van der Waals surface area contributed by atoms with Crippen LogP contribution in [0.15, 0.2) is 36.4 Å². The molecule has 0 N–H and O–H groups in total. The van der Waals surface area contributed by atoms with E-state index in [1.165, 1.54) is 63.1 Å². The molecule has 1 saturated heterocycles. The first-order chi connectivity index (χ1) is 10.8. The number of hydrogen-bond donors (Lipinski definition) is 0. The lowest BCUT2D eigenvalue weighted by molar-refractivity contribution is 0.111. The summed E-state index contributed by atoms with van der Waals surface area (Å²) in [4.78, 5) is 5.29. The van der Waals surface area contributed by atoms with Gasteiger partial charge < -0.3 is 4.90 Å². The van der Waals surface area contributed by atoms with E-state index in [1.54, 1.807) is 0 Å². The summed E-state index contributed by atoms with van der Waals surface area (Å²) in [7, 11) is 0. The minimum atomic E-state index is 0.901. The molecule has 0 aromatic heterocycles. The van der Waals surface area contributed by atoms with Crippen LogP contribution in [0.2, 0.25) is 0 Å². The average molecular weight is 298 g/mol. The van der Waals surface area contributed by atoms with Gasteiger partial charge in [-0.25, -0.2) is 0 Å². The van der Waals surface area contributed by atoms with Gasteiger partial charge in [-0.15, -0.1) is 0 Å². The third-order valence-electron chi connectivity index (χ3n) is 5.20. The molecule has 22 heavy (non-hydrogen) atoms. The van der Waals surface area contributed by atoms with E-state index >= 15 is 0 Å². The third kappa shape index (κ3) is 4.44. The number of benzene rings is 1. The lowest BCUT2D eigenvalue weighted by Crippen LogP contribution is -2.47. The van der Waals surface area contributed by atoms with Crippen LogP contribution in [-0.2, 0) is 13.0 Å². The van der Waals surface area contributed by atoms with Crippen LogP contribution >= 0.6 is 0 Å². The molecule has 2 heteroatoms. The van der Waals surface area contributed by atoms with Gasteiger partial charge in [-0.3, -0.25) is 4.90 Å². The van der Waals surface area contributed by atoms with E-state index in [0.29, 0.717) is 0 Å². The molecule has 1 heterocycles. The molecule has 2 aliphatic rings. The molecule has 1 aromatic carbocycles. The molecule has 1 atom stereocenters. The van der Waals surface area contributed by atoms with E-state index in [2.05, 4.69) is 53.1 Å². The number of aryl methyl sites for hydroxylation is 1. The molecular formula is C20H30N2. The molecule has 1 aliphatic heterocycles. The maximum absolute atomic E-state index is 2.68. The van der Waals surface area contributed by atoms with Crippen molar-refractivity contribution in [1.82, 2.24) is 9.80 Å². The lowest BCUT2D eigenvalue weighted by atomic mass is 9.94. The maximum Gasteiger partial charge on any atom is 0.0234 e. The van der Waals surface area contributed by atoms with Gasteiger partial charge >= 0.3 is 0 Å². The van der Waals surface area contributed by atoms with Crippen LogP contribution < -0.4 is 0 Å². The van der Waals surface area contributed by atoms with Crippen molar-refractivity contribution in [2.45, 2.75) is 39.2 Å². The predicted octanol–water partition coefficient (Wildman–Crippen LogP) is 3.72. The first-order valence-electron chi connectivity index (χ1n) is 9.01. The fourth-order valence-electron chi connectivity index (χ4n) is 3.66. The number of rotatable bonds is 5. The third-order valence-corrected chi connectivity index (χ3v) is 5.20. The number of hydrogen-bond acceptors (Lipinski definition) is 2. The second-order valence-electron chi connectivity index (χ2n) is 6.90. The summed E-state index contributed by atoms with van der Waals surface area (Å²) in [6, 6.07) is 9.17. The Hall–Kier alpha value is -1.12. The van der Waals surface area contributed by atoms with Crippen LogP contribution in [0.4, 0.5) is 0 Å². The van der Waals surface area contributed by atoms with Crippen LogP contribution in [-0.4, -0.2) is 42.5 Å². The van der Waals surface area contributed by atoms with Crippen LogP contribution in [0.3, 0.4) is 0 Å². The smallest absolute Gasteiger partial charge is 0.0234 e. The van der Waals surface area contributed by atoms with Gasteiger partial charge in [-0.1, -0.05) is 43.3 Å². The SMILES string of the molecule is CCc1ccc(CN2CCN(CC3CC=CCC3)CC2)cc1. The second kappa shape index (κ2) is 7.94. The van der Waals surface area contributed by atoms with Gasteiger partial charge in [0.25, 0.3) is 0 Å². The van der Waals surface area contributed by atoms with Crippen molar-refractivity contribution in [2.24, 2.45) is 5.92 Å². The Morgan fingerprint density at radius 2 is 1.59 bits per heavy atom. The summed E-state index contributed by atoms with van der Waals surface area (Å²) in [5, 5.41) is 0. The first-order valence-corrected chi connectivity index (χ1v) is 9.01. The van der Waals surface area contributed by atoms with Crippen LogP contribution in [0, 0.1) is 5.92 Å². The highest BCUT2D eigenvalue weighted by Gasteiger charge is 2.20. The van der Waals surface area contributed by atoms with Crippen LogP contribution in [0.1, 0.15) is 37.3 Å². The molecule has 0 bridgehead atoms. The van der Waals surface area contributed by atoms with Gasteiger partial charge in [0.15, 0.2) is 0 Å². The zero-order chi connectivity index (χ0) is 15.2. The van der Waals surface area contributed by atoms with Crippen molar-refractivity contribution in [3.05, 3.63) is 47.5 Å². The topological polar surface area (TPSA) is 6.48 Å². The van der Waals surface area contributed by atoms with Gasteiger partial charge in [0.2, 0.25) is 0 Å². The Morgan fingerprint density at radius 1 is 0.909 bits per heavy atom. The molecular weight excluding hydrogens is 268 g/mol. The number of nitrogens with zero attached hydrogens (tertiary/aromatic N) is 2. The van der Waals surface area contributed by atoms with Gasteiger partial charge in [0.05, 0.1) is 0 Å². The maximum atomic E-state index is 2.68. The molecule has 0 amide bonds. The zero-order valence-electron chi connectivity index (χ0n) is 14.0. The predicted molar refractivity (Wildman–Crippen MR) is 94.0 cm³/mol. The van der Waals surface area contributed by atoms with E-state index in [-0.39, 0.29) is 0 Å². The van der Waals surface area contributed by atoms with Crippen molar-refractivity contribution in [3.63, 3.8) is 0 Å². The van der Waals surface area contributed by atoms with E-state index in [0.717, 1.165) is 18.9 Å². The highest BCUT2D eigenvalue weighted by molar-refractivity contribution is 5.22. The number of piperazine rings is 1. The molecule has 0 radical (unpaired) electrons. The summed E-state index contributed by atoms with van der Waals surface area (Å²) < 4.78 is 0. The highest BCUT2D eigenvalue weighted by atomic mass is 15.3. The quantitative estimate of drug-likeness (QED) is 0.764. The fraction of sp³-hybridized carbons (Fsp3) is 0.600. The summed E-state index contributed by atoms with van der Waals surface area (Å²) >= 11 is 0. The molecule has 1 unspecified atom stereocenters. The van der Waals surface area contributed by atoms with Gasteiger partial charge in [0, 0.05) is 39.3 Å². The second-order valence-corrected chi connectivity index (χ2v) is 6.90. The van der Waals surface area contributed by atoms with Crippen molar-refractivity contribution in [2.75, 3.05) is 32.7 Å². The molecule has 0 saturated carbocycles. The van der Waals surface area contributed by atoms with Crippen molar-refractivity contribution in [1.29, 1.82) is 0 Å². The van der Waals surface area contributed by atoms with E-state index in [4.69, 9.17) is 0 Å². The summed E-state index contributed by atoms with van der Waals surface area (Å²) in [5.74, 6) is 0.901. The van der Waals surface area contributed by atoms with Crippen molar-refractivity contribution >= 4 is 0 Å². The minimum absolute atomic E-state index is 0.901.